The fourth-order valence-electron chi connectivity index (χ4n) is 4.64. The van der Waals surface area contributed by atoms with Crippen LogP contribution in [0.2, 0.25) is 0 Å². The summed E-state index contributed by atoms with van der Waals surface area (Å²) in [6.45, 7) is 0.250. The molecule has 1 atom stereocenters. The number of aromatic nitrogens is 1. The van der Waals surface area contributed by atoms with Crippen molar-refractivity contribution in [2.75, 3.05) is 7.05 Å². The fourth-order valence-corrected chi connectivity index (χ4v) is 4.64. The monoisotopic (exact) mass is 371 g/mol. The lowest BCUT2D eigenvalue weighted by Gasteiger charge is -2.37. The first-order chi connectivity index (χ1) is 13.6. The summed E-state index contributed by atoms with van der Waals surface area (Å²) in [6.07, 6.45) is 3.79. The number of urea groups is 1. The summed E-state index contributed by atoms with van der Waals surface area (Å²) < 4.78 is 0. The highest BCUT2D eigenvalue weighted by atomic mass is 16.2. The SMILES string of the molecule is CN1C(=O)N(Cc2cccc3cccnc23)C(=O)C12CCc1ccccc1C2. The Morgan fingerprint density at radius 3 is 2.64 bits per heavy atom. The highest BCUT2D eigenvalue weighted by Crippen LogP contribution is 2.39. The van der Waals surface area contributed by atoms with E-state index in [9.17, 15) is 9.59 Å². The Bertz CT molecular complexity index is 1100. The lowest BCUT2D eigenvalue weighted by molar-refractivity contribution is -0.134. The maximum atomic E-state index is 13.5. The average molecular weight is 371 g/mol. The van der Waals surface area contributed by atoms with Crippen LogP contribution < -0.4 is 0 Å². The van der Waals surface area contributed by atoms with Gasteiger partial charge in [0.1, 0.15) is 5.54 Å². The Hall–Kier alpha value is -3.21. The number of amides is 3. The van der Waals surface area contributed by atoms with E-state index in [-0.39, 0.29) is 18.5 Å². The highest BCUT2D eigenvalue weighted by molar-refractivity contribution is 6.07. The number of rotatable bonds is 2. The van der Waals surface area contributed by atoms with Gasteiger partial charge in [-0.25, -0.2) is 4.79 Å². The number of benzene rings is 2. The van der Waals surface area contributed by atoms with Gasteiger partial charge in [0.15, 0.2) is 0 Å². The van der Waals surface area contributed by atoms with Crippen LogP contribution in [0.25, 0.3) is 10.9 Å². The molecule has 1 saturated heterocycles. The molecule has 3 aromatic rings. The summed E-state index contributed by atoms with van der Waals surface area (Å²) in [5.74, 6) is -0.0950. The summed E-state index contributed by atoms with van der Waals surface area (Å²) in [6, 6.07) is 17.7. The predicted molar refractivity (Wildman–Crippen MR) is 107 cm³/mol. The number of nitrogens with zero attached hydrogens (tertiary/aromatic N) is 3. The standard InChI is InChI=1S/C23H21N3O2/c1-25-22(28)26(15-19-9-4-8-17-10-5-13-24-20(17)19)21(27)23(25)12-11-16-6-2-3-7-18(16)14-23/h2-10,13H,11-12,14-15H2,1H3. The first-order valence-corrected chi connectivity index (χ1v) is 9.59. The van der Waals surface area contributed by atoms with E-state index in [0.717, 1.165) is 28.5 Å². The van der Waals surface area contributed by atoms with Crippen LogP contribution in [0.4, 0.5) is 4.79 Å². The maximum Gasteiger partial charge on any atom is 0.327 e. The van der Waals surface area contributed by atoms with Crippen LogP contribution in [0.5, 0.6) is 0 Å². The molecular formula is C23H21N3O2. The van der Waals surface area contributed by atoms with Gasteiger partial charge in [-0.05, 0) is 35.6 Å². The molecule has 2 aromatic carbocycles. The number of imide groups is 1. The first kappa shape index (κ1) is 16.9. The van der Waals surface area contributed by atoms with E-state index in [1.165, 1.54) is 10.5 Å². The fraction of sp³-hybridized carbons (Fsp3) is 0.261. The van der Waals surface area contributed by atoms with Crippen molar-refractivity contribution < 1.29 is 9.59 Å². The lowest BCUT2D eigenvalue weighted by Crippen LogP contribution is -2.51. The molecule has 5 rings (SSSR count). The molecule has 140 valence electrons. The Morgan fingerprint density at radius 1 is 1.00 bits per heavy atom. The number of carbonyl (C=O) groups is 2. The minimum absolute atomic E-state index is 0.0950. The van der Waals surface area contributed by atoms with E-state index in [1.807, 2.05) is 42.5 Å². The van der Waals surface area contributed by atoms with Crippen LogP contribution >= 0.6 is 0 Å². The quantitative estimate of drug-likeness (QED) is 0.647. The Balaban J connectivity index is 1.51. The minimum Gasteiger partial charge on any atom is -0.312 e. The third-order valence-electron chi connectivity index (χ3n) is 6.26. The van der Waals surface area contributed by atoms with Crippen molar-refractivity contribution in [1.29, 1.82) is 0 Å². The number of likely N-dealkylation sites (N-methyl/N-ethyl adjacent to an activating group) is 1. The number of para-hydroxylation sites is 1. The molecule has 0 radical (unpaired) electrons. The van der Waals surface area contributed by atoms with Crippen molar-refractivity contribution in [2.45, 2.75) is 31.3 Å². The second kappa shape index (κ2) is 6.16. The number of hydrogen-bond donors (Lipinski definition) is 0. The summed E-state index contributed by atoms with van der Waals surface area (Å²) in [4.78, 5) is 34.1. The molecule has 1 aliphatic heterocycles. The summed E-state index contributed by atoms with van der Waals surface area (Å²) in [7, 11) is 1.76. The summed E-state index contributed by atoms with van der Waals surface area (Å²) in [5, 5.41) is 1.01. The molecular weight excluding hydrogens is 350 g/mol. The zero-order valence-corrected chi connectivity index (χ0v) is 15.8. The van der Waals surface area contributed by atoms with Crippen LogP contribution in [-0.2, 0) is 24.2 Å². The number of carbonyl (C=O) groups excluding carboxylic acids is 2. The molecule has 1 aromatic heterocycles. The molecule has 1 spiro atoms. The van der Waals surface area contributed by atoms with E-state index in [4.69, 9.17) is 0 Å². The molecule has 5 heteroatoms. The molecule has 1 unspecified atom stereocenters. The summed E-state index contributed by atoms with van der Waals surface area (Å²) in [5.41, 5.74) is 3.39. The normalized spacial score (nSPS) is 21.6. The van der Waals surface area contributed by atoms with Gasteiger partial charge in [0, 0.05) is 25.1 Å². The van der Waals surface area contributed by atoms with Crippen LogP contribution in [0.15, 0.2) is 60.8 Å². The summed E-state index contributed by atoms with van der Waals surface area (Å²) >= 11 is 0. The predicted octanol–water partition coefficient (Wildman–Crippen LogP) is 3.56. The van der Waals surface area contributed by atoms with Gasteiger partial charge in [0.05, 0.1) is 12.1 Å². The van der Waals surface area contributed by atoms with Crippen molar-refractivity contribution in [3.05, 3.63) is 77.5 Å². The van der Waals surface area contributed by atoms with Crippen LogP contribution in [0.3, 0.4) is 0 Å². The van der Waals surface area contributed by atoms with Crippen LogP contribution in [-0.4, -0.2) is 39.3 Å². The van der Waals surface area contributed by atoms with Gasteiger partial charge < -0.3 is 4.90 Å². The topological polar surface area (TPSA) is 53.5 Å². The first-order valence-electron chi connectivity index (χ1n) is 9.59. The van der Waals surface area contributed by atoms with Crippen molar-refractivity contribution in [2.24, 2.45) is 0 Å². The molecule has 0 bridgehead atoms. The number of aryl methyl sites for hydroxylation is 1. The van der Waals surface area contributed by atoms with Crippen molar-refractivity contribution in [3.8, 4) is 0 Å². The van der Waals surface area contributed by atoms with E-state index in [2.05, 4.69) is 17.1 Å². The number of hydrogen-bond acceptors (Lipinski definition) is 3. The maximum absolute atomic E-state index is 13.5. The number of pyridine rings is 1. The van der Waals surface area contributed by atoms with Gasteiger partial charge in [-0.1, -0.05) is 48.5 Å². The lowest BCUT2D eigenvalue weighted by atomic mass is 9.77. The Kier molecular flexibility index (Phi) is 3.72. The van der Waals surface area contributed by atoms with E-state index in [0.29, 0.717) is 12.8 Å². The Morgan fingerprint density at radius 2 is 1.79 bits per heavy atom. The molecule has 2 aliphatic rings. The largest absolute Gasteiger partial charge is 0.327 e. The van der Waals surface area contributed by atoms with Gasteiger partial charge in [-0.3, -0.25) is 14.7 Å². The smallest absolute Gasteiger partial charge is 0.312 e. The molecule has 0 N–H and O–H groups in total. The van der Waals surface area contributed by atoms with Gasteiger partial charge in [-0.2, -0.15) is 0 Å². The minimum atomic E-state index is -0.774. The Labute approximate surface area is 163 Å². The number of fused-ring (bicyclic) bond motifs is 2. The second-order valence-corrected chi connectivity index (χ2v) is 7.70. The molecule has 5 nitrogen and oxygen atoms in total. The van der Waals surface area contributed by atoms with Gasteiger partial charge in [0.2, 0.25) is 0 Å². The third-order valence-corrected chi connectivity index (χ3v) is 6.26. The molecule has 0 saturated carbocycles. The molecule has 3 amide bonds. The molecule has 2 heterocycles. The molecule has 1 aliphatic carbocycles. The van der Waals surface area contributed by atoms with E-state index in [1.54, 1.807) is 18.1 Å². The van der Waals surface area contributed by atoms with E-state index >= 15 is 0 Å². The van der Waals surface area contributed by atoms with Crippen molar-refractivity contribution >= 4 is 22.8 Å². The van der Waals surface area contributed by atoms with Crippen LogP contribution in [0.1, 0.15) is 23.1 Å². The average Bonchev–Trinajstić information content (AvgIpc) is 2.90. The van der Waals surface area contributed by atoms with Crippen molar-refractivity contribution in [1.82, 2.24) is 14.8 Å². The zero-order valence-electron chi connectivity index (χ0n) is 15.8. The van der Waals surface area contributed by atoms with Gasteiger partial charge in [0.25, 0.3) is 5.91 Å². The van der Waals surface area contributed by atoms with Crippen LogP contribution in [0, 0.1) is 0 Å². The molecule has 1 fully saturated rings. The second-order valence-electron chi connectivity index (χ2n) is 7.70. The zero-order chi connectivity index (χ0) is 19.3. The highest BCUT2D eigenvalue weighted by Gasteiger charge is 2.56. The third kappa shape index (κ3) is 2.35. The van der Waals surface area contributed by atoms with Gasteiger partial charge in [-0.15, -0.1) is 0 Å². The van der Waals surface area contributed by atoms with Crippen molar-refractivity contribution in [3.63, 3.8) is 0 Å². The molecule has 28 heavy (non-hydrogen) atoms. The van der Waals surface area contributed by atoms with E-state index < -0.39 is 5.54 Å². The van der Waals surface area contributed by atoms with Gasteiger partial charge >= 0.3 is 6.03 Å².